The smallest absolute Gasteiger partial charge is 0.245 e. The molecule has 1 aliphatic heterocycles. The van der Waals surface area contributed by atoms with Gasteiger partial charge in [-0.15, -0.1) is 0 Å². The second-order valence-corrected chi connectivity index (χ2v) is 7.15. The van der Waals surface area contributed by atoms with Crippen molar-refractivity contribution in [2.75, 3.05) is 18.6 Å². The topological polar surface area (TPSA) is 75.7 Å². The molecule has 6 nitrogen and oxygen atoms in total. The molecular weight excluding hydrogens is 328 g/mol. The van der Waals surface area contributed by atoms with Gasteiger partial charge in [-0.25, -0.2) is 8.42 Å². The van der Waals surface area contributed by atoms with E-state index < -0.39 is 16.1 Å². The number of hydrogen-bond donors (Lipinski definition) is 1. The molecule has 1 heterocycles. The van der Waals surface area contributed by atoms with E-state index in [4.69, 9.17) is 4.74 Å². The summed E-state index contributed by atoms with van der Waals surface area (Å²) in [4.78, 5) is 14.3. The number of hydrogen-bond acceptors (Lipinski definition) is 4. The minimum absolute atomic E-state index is 0.147. The van der Waals surface area contributed by atoms with Gasteiger partial charge in [0.05, 0.1) is 17.7 Å². The van der Waals surface area contributed by atoms with Crippen molar-refractivity contribution in [2.45, 2.75) is 17.4 Å². The Labute approximate surface area is 141 Å². The van der Waals surface area contributed by atoms with E-state index >= 15 is 0 Å². The van der Waals surface area contributed by atoms with Crippen LogP contribution in [0.4, 0.5) is 5.69 Å². The van der Waals surface area contributed by atoms with Crippen LogP contribution in [0.2, 0.25) is 0 Å². The number of carbonyl (C=O) groups excluding carboxylic acids is 1. The summed E-state index contributed by atoms with van der Waals surface area (Å²) in [6.45, 7) is 0.432. The van der Waals surface area contributed by atoms with Gasteiger partial charge in [0.2, 0.25) is 15.9 Å². The average Bonchev–Trinajstić information content (AvgIpc) is 2.95. The third-order valence-corrected chi connectivity index (χ3v) is 5.42. The van der Waals surface area contributed by atoms with Gasteiger partial charge in [0, 0.05) is 6.54 Å². The molecule has 126 valence electrons. The highest BCUT2D eigenvalue weighted by atomic mass is 32.2. The van der Waals surface area contributed by atoms with E-state index in [9.17, 15) is 13.2 Å². The number of rotatable bonds is 5. The van der Waals surface area contributed by atoms with Crippen molar-refractivity contribution in [3.05, 3.63) is 54.6 Å². The summed E-state index contributed by atoms with van der Waals surface area (Å²) in [5.41, 5.74) is 0.645. The highest BCUT2D eigenvalue weighted by molar-refractivity contribution is 7.89. The molecule has 3 rings (SSSR count). The van der Waals surface area contributed by atoms with Gasteiger partial charge in [0.25, 0.3) is 0 Å². The molecule has 1 aliphatic rings. The summed E-state index contributed by atoms with van der Waals surface area (Å²) < 4.78 is 32.6. The summed E-state index contributed by atoms with van der Waals surface area (Å²) in [6.07, 6.45) is 0.406. The molecule has 2 aromatic carbocycles. The minimum Gasteiger partial charge on any atom is -0.495 e. The van der Waals surface area contributed by atoms with E-state index in [1.165, 1.54) is 19.2 Å². The Hall–Kier alpha value is -2.38. The zero-order valence-electron chi connectivity index (χ0n) is 13.2. The molecule has 1 saturated heterocycles. The van der Waals surface area contributed by atoms with Crippen molar-refractivity contribution in [1.29, 1.82) is 0 Å². The zero-order chi connectivity index (χ0) is 17.2. The highest BCUT2D eigenvalue weighted by Gasteiger charge is 2.36. The molecule has 1 N–H and O–H groups in total. The number of anilines is 1. The highest BCUT2D eigenvalue weighted by Crippen LogP contribution is 2.31. The van der Waals surface area contributed by atoms with Gasteiger partial charge >= 0.3 is 0 Å². The van der Waals surface area contributed by atoms with E-state index in [0.29, 0.717) is 24.4 Å². The van der Waals surface area contributed by atoms with Crippen molar-refractivity contribution in [3.8, 4) is 5.75 Å². The second-order valence-electron chi connectivity index (χ2n) is 5.44. The van der Waals surface area contributed by atoms with Gasteiger partial charge in [-0.1, -0.05) is 30.3 Å². The van der Waals surface area contributed by atoms with Crippen LogP contribution >= 0.6 is 0 Å². The molecule has 0 unspecified atom stereocenters. The lowest BCUT2D eigenvalue weighted by Crippen LogP contribution is -2.41. The molecule has 1 fully saturated rings. The van der Waals surface area contributed by atoms with Crippen molar-refractivity contribution >= 4 is 21.6 Å². The molecule has 0 saturated carbocycles. The maximum atomic E-state index is 12.6. The SMILES string of the molecule is COc1ccccc1N1CC[C@@H](NS(=O)(=O)c2ccccc2)C1=O. The van der Waals surface area contributed by atoms with Crippen molar-refractivity contribution in [3.63, 3.8) is 0 Å². The van der Waals surface area contributed by atoms with E-state index in [-0.39, 0.29) is 10.8 Å². The molecular formula is C17H18N2O4S. The molecule has 1 amide bonds. The summed E-state index contributed by atoms with van der Waals surface area (Å²) in [5, 5.41) is 0. The zero-order valence-corrected chi connectivity index (χ0v) is 14.0. The summed E-state index contributed by atoms with van der Waals surface area (Å²) in [5.74, 6) is 0.302. The van der Waals surface area contributed by atoms with Crippen molar-refractivity contribution in [2.24, 2.45) is 0 Å². The number of sulfonamides is 1. The first-order valence-electron chi connectivity index (χ1n) is 7.55. The molecule has 0 radical (unpaired) electrons. The van der Waals surface area contributed by atoms with Crippen LogP contribution in [-0.4, -0.2) is 34.0 Å². The van der Waals surface area contributed by atoms with Crippen LogP contribution in [0.15, 0.2) is 59.5 Å². The van der Waals surface area contributed by atoms with Crippen LogP contribution in [0.3, 0.4) is 0 Å². The molecule has 0 bridgehead atoms. The Morgan fingerprint density at radius 3 is 2.46 bits per heavy atom. The maximum Gasteiger partial charge on any atom is 0.245 e. The van der Waals surface area contributed by atoms with E-state index in [1.54, 1.807) is 35.2 Å². The van der Waals surface area contributed by atoms with Gasteiger partial charge in [0.1, 0.15) is 11.8 Å². The lowest BCUT2D eigenvalue weighted by molar-refractivity contribution is -0.118. The van der Waals surface area contributed by atoms with Crippen molar-refractivity contribution < 1.29 is 17.9 Å². The number of para-hydroxylation sites is 2. The van der Waals surface area contributed by atoms with Gasteiger partial charge in [-0.3, -0.25) is 4.79 Å². The molecule has 0 spiro atoms. The minimum atomic E-state index is -3.73. The predicted octanol–water partition coefficient (Wildman–Crippen LogP) is 1.78. The third-order valence-electron chi connectivity index (χ3n) is 3.93. The number of amides is 1. The van der Waals surface area contributed by atoms with Gasteiger partial charge in [0.15, 0.2) is 0 Å². The van der Waals surface area contributed by atoms with Crippen LogP contribution < -0.4 is 14.4 Å². The Balaban J connectivity index is 1.80. The number of carbonyl (C=O) groups is 1. The summed E-state index contributed by atoms with van der Waals surface area (Å²) >= 11 is 0. The molecule has 2 aromatic rings. The predicted molar refractivity (Wildman–Crippen MR) is 90.5 cm³/mol. The molecule has 24 heavy (non-hydrogen) atoms. The molecule has 0 aliphatic carbocycles. The largest absolute Gasteiger partial charge is 0.495 e. The third kappa shape index (κ3) is 3.13. The molecule has 1 atom stereocenters. The number of ether oxygens (including phenoxy) is 1. The first kappa shape index (κ1) is 16.5. The number of methoxy groups -OCH3 is 1. The van der Waals surface area contributed by atoms with E-state index in [1.807, 2.05) is 12.1 Å². The Morgan fingerprint density at radius 2 is 1.75 bits per heavy atom. The van der Waals surface area contributed by atoms with Crippen LogP contribution in [0.5, 0.6) is 5.75 Å². The van der Waals surface area contributed by atoms with Crippen LogP contribution in [-0.2, 0) is 14.8 Å². The van der Waals surface area contributed by atoms with Crippen LogP contribution in [0.25, 0.3) is 0 Å². The Bertz CT molecular complexity index is 837. The van der Waals surface area contributed by atoms with Gasteiger partial charge < -0.3 is 9.64 Å². The van der Waals surface area contributed by atoms with Crippen LogP contribution in [0, 0.1) is 0 Å². The Morgan fingerprint density at radius 1 is 1.08 bits per heavy atom. The molecule has 0 aromatic heterocycles. The van der Waals surface area contributed by atoms with E-state index in [2.05, 4.69) is 4.72 Å². The fraction of sp³-hybridized carbons (Fsp3) is 0.235. The number of nitrogens with one attached hydrogen (secondary N) is 1. The van der Waals surface area contributed by atoms with Crippen molar-refractivity contribution in [1.82, 2.24) is 4.72 Å². The number of nitrogens with zero attached hydrogens (tertiary/aromatic N) is 1. The standard InChI is InChI=1S/C17H18N2O4S/c1-23-16-10-6-5-9-15(16)19-12-11-14(17(19)20)18-24(21,22)13-7-3-2-4-8-13/h2-10,14,18H,11-12H2,1H3/t14-/m1/s1. The van der Waals surface area contributed by atoms with Crippen LogP contribution in [0.1, 0.15) is 6.42 Å². The normalized spacial score (nSPS) is 18.0. The fourth-order valence-electron chi connectivity index (χ4n) is 2.74. The fourth-order valence-corrected chi connectivity index (χ4v) is 3.98. The van der Waals surface area contributed by atoms with E-state index in [0.717, 1.165) is 0 Å². The summed E-state index contributed by atoms with van der Waals surface area (Å²) in [6, 6.07) is 14.4. The summed E-state index contributed by atoms with van der Waals surface area (Å²) in [7, 11) is -2.19. The first-order valence-corrected chi connectivity index (χ1v) is 9.03. The molecule has 7 heteroatoms. The Kier molecular flexibility index (Phi) is 4.55. The quantitative estimate of drug-likeness (QED) is 0.895. The average molecular weight is 346 g/mol. The maximum absolute atomic E-state index is 12.6. The first-order chi connectivity index (χ1) is 11.5. The second kappa shape index (κ2) is 6.62. The lowest BCUT2D eigenvalue weighted by atomic mass is 10.2. The lowest BCUT2D eigenvalue weighted by Gasteiger charge is -2.19. The van der Waals surface area contributed by atoms with Gasteiger partial charge in [-0.05, 0) is 30.7 Å². The number of benzene rings is 2. The monoisotopic (exact) mass is 346 g/mol. The van der Waals surface area contributed by atoms with Gasteiger partial charge in [-0.2, -0.15) is 4.72 Å².